The fourth-order valence-electron chi connectivity index (χ4n) is 1.94. The van der Waals surface area contributed by atoms with Crippen molar-refractivity contribution >= 4 is 23.3 Å². The van der Waals surface area contributed by atoms with Crippen molar-refractivity contribution in [1.82, 2.24) is 14.7 Å². The Kier molecular flexibility index (Phi) is 3.99. The van der Waals surface area contributed by atoms with E-state index in [-0.39, 0.29) is 11.9 Å². The Bertz CT molecular complexity index is 621. The summed E-state index contributed by atoms with van der Waals surface area (Å²) in [5.41, 5.74) is 7.26. The molecule has 1 heterocycles. The number of aromatic nitrogens is 2. The van der Waals surface area contributed by atoms with Crippen molar-refractivity contribution < 1.29 is 4.79 Å². The largest absolute Gasteiger partial charge is 0.383 e. The van der Waals surface area contributed by atoms with Crippen molar-refractivity contribution in [2.45, 2.75) is 13.0 Å². The Hall–Kier alpha value is -2.01. The van der Waals surface area contributed by atoms with Crippen molar-refractivity contribution in [3.63, 3.8) is 0 Å². The van der Waals surface area contributed by atoms with Gasteiger partial charge in [-0.3, -0.25) is 9.48 Å². The molecule has 6 heteroatoms. The molecule has 1 aromatic heterocycles. The molecule has 2 N–H and O–H groups in total. The van der Waals surface area contributed by atoms with Gasteiger partial charge in [-0.05, 0) is 24.6 Å². The Morgan fingerprint density at radius 2 is 2.00 bits per heavy atom. The number of nitrogens with zero attached hydrogens (tertiary/aromatic N) is 3. The molecular weight excluding hydrogens is 276 g/mol. The molecule has 2 rings (SSSR count). The first-order chi connectivity index (χ1) is 9.41. The number of halogens is 1. The lowest BCUT2D eigenvalue weighted by molar-refractivity contribution is 0.0743. The Morgan fingerprint density at radius 1 is 1.40 bits per heavy atom. The van der Waals surface area contributed by atoms with Crippen LogP contribution >= 0.6 is 11.6 Å². The Morgan fingerprint density at radius 3 is 2.50 bits per heavy atom. The predicted octanol–water partition coefficient (Wildman–Crippen LogP) is 2.49. The lowest BCUT2D eigenvalue weighted by Gasteiger charge is -2.25. The van der Waals surface area contributed by atoms with Crippen LogP contribution in [0.2, 0.25) is 5.02 Å². The average molecular weight is 293 g/mol. The zero-order valence-corrected chi connectivity index (χ0v) is 12.4. The number of rotatable bonds is 3. The third kappa shape index (κ3) is 2.63. The maximum Gasteiger partial charge on any atom is 0.259 e. The average Bonchev–Trinajstić information content (AvgIpc) is 2.77. The SMILES string of the molecule is CC(c1ccc(Cl)cc1)N(C)C(=O)c1cnn(C)c1N. The zero-order valence-electron chi connectivity index (χ0n) is 11.7. The fourth-order valence-corrected chi connectivity index (χ4v) is 2.07. The van der Waals surface area contributed by atoms with Crippen LogP contribution in [0.1, 0.15) is 28.9 Å². The minimum atomic E-state index is -0.155. The van der Waals surface area contributed by atoms with E-state index >= 15 is 0 Å². The van der Waals surface area contributed by atoms with E-state index in [1.54, 1.807) is 19.0 Å². The number of hydrogen-bond acceptors (Lipinski definition) is 3. The first-order valence-corrected chi connectivity index (χ1v) is 6.59. The summed E-state index contributed by atoms with van der Waals surface area (Å²) < 4.78 is 1.48. The van der Waals surface area contributed by atoms with Gasteiger partial charge in [-0.15, -0.1) is 0 Å². The molecule has 0 fully saturated rings. The highest BCUT2D eigenvalue weighted by atomic mass is 35.5. The highest BCUT2D eigenvalue weighted by molar-refractivity contribution is 6.30. The van der Waals surface area contributed by atoms with Crippen molar-refractivity contribution in [3.05, 3.63) is 46.6 Å². The van der Waals surface area contributed by atoms with E-state index in [1.165, 1.54) is 10.9 Å². The second kappa shape index (κ2) is 5.54. The Labute approximate surface area is 122 Å². The van der Waals surface area contributed by atoms with E-state index in [0.29, 0.717) is 16.4 Å². The molecule has 2 aromatic rings. The maximum atomic E-state index is 12.4. The van der Waals surface area contributed by atoms with E-state index in [4.69, 9.17) is 17.3 Å². The molecule has 0 bridgehead atoms. The second-order valence-corrected chi connectivity index (χ2v) is 5.15. The molecule has 0 aliphatic carbocycles. The number of nitrogens with two attached hydrogens (primary N) is 1. The van der Waals surface area contributed by atoms with Crippen molar-refractivity contribution in [2.75, 3.05) is 12.8 Å². The van der Waals surface area contributed by atoms with Crippen molar-refractivity contribution in [3.8, 4) is 0 Å². The summed E-state index contributed by atoms with van der Waals surface area (Å²) in [6, 6.07) is 7.35. The molecule has 20 heavy (non-hydrogen) atoms. The standard InChI is InChI=1S/C14H17ClN4O/c1-9(10-4-6-11(15)7-5-10)18(2)14(20)12-8-17-19(3)13(12)16/h4-9H,16H2,1-3H3. The number of anilines is 1. The molecule has 5 nitrogen and oxygen atoms in total. The van der Waals surface area contributed by atoms with Gasteiger partial charge in [0.25, 0.3) is 5.91 Å². The van der Waals surface area contributed by atoms with Crippen LogP contribution in [0.3, 0.4) is 0 Å². The topological polar surface area (TPSA) is 64.2 Å². The number of benzene rings is 1. The number of amides is 1. The molecule has 1 unspecified atom stereocenters. The van der Waals surface area contributed by atoms with Gasteiger partial charge < -0.3 is 10.6 Å². The summed E-state index contributed by atoms with van der Waals surface area (Å²) in [6.45, 7) is 1.95. The third-order valence-corrected chi connectivity index (χ3v) is 3.72. The number of aryl methyl sites for hydroxylation is 1. The first-order valence-electron chi connectivity index (χ1n) is 6.22. The number of carbonyl (C=O) groups is 1. The van der Waals surface area contributed by atoms with Crippen LogP contribution in [0.4, 0.5) is 5.82 Å². The van der Waals surface area contributed by atoms with E-state index in [9.17, 15) is 4.79 Å². The van der Waals surface area contributed by atoms with Gasteiger partial charge in [-0.25, -0.2) is 0 Å². The monoisotopic (exact) mass is 292 g/mol. The fraction of sp³-hybridized carbons (Fsp3) is 0.286. The van der Waals surface area contributed by atoms with E-state index in [0.717, 1.165) is 5.56 Å². The number of nitrogen functional groups attached to an aromatic ring is 1. The second-order valence-electron chi connectivity index (χ2n) is 4.71. The lowest BCUT2D eigenvalue weighted by atomic mass is 10.1. The highest BCUT2D eigenvalue weighted by Gasteiger charge is 2.22. The highest BCUT2D eigenvalue weighted by Crippen LogP contribution is 2.23. The third-order valence-electron chi connectivity index (χ3n) is 3.47. The van der Waals surface area contributed by atoms with Gasteiger partial charge in [-0.2, -0.15) is 5.10 Å². The maximum absolute atomic E-state index is 12.4. The molecular formula is C14H17ClN4O. The summed E-state index contributed by atoms with van der Waals surface area (Å²) >= 11 is 5.87. The Balaban J connectivity index is 2.22. The van der Waals surface area contributed by atoms with Gasteiger partial charge in [-0.1, -0.05) is 23.7 Å². The van der Waals surface area contributed by atoms with Crippen molar-refractivity contribution in [2.24, 2.45) is 7.05 Å². The van der Waals surface area contributed by atoms with E-state index in [2.05, 4.69) is 5.10 Å². The van der Waals surface area contributed by atoms with Crippen LogP contribution in [-0.4, -0.2) is 27.6 Å². The number of carbonyl (C=O) groups excluding carboxylic acids is 1. The minimum absolute atomic E-state index is 0.0839. The molecule has 1 amide bonds. The summed E-state index contributed by atoms with van der Waals surface area (Å²) in [5, 5.41) is 4.66. The van der Waals surface area contributed by atoms with Gasteiger partial charge in [0.2, 0.25) is 0 Å². The lowest BCUT2D eigenvalue weighted by Crippen LogP contribution is -2.30. The molecule has 1 aromatic carbocycles. The zero-order chi connectivity index (χ0) is 14.9. The van der Waals surface area contributed by atoms with Gasteiger partial charge in [0, 0.05) is 19.1 Å². The summed E-state index contributed by atoms with van der Waals surface area (Å²) in [5.74, 6) is 0.211. The van der Waals surface area contributed by atoms with Crippen LogP contribution < -0.4 is 5.73 Å². The van der Waals surface area contributed by atoms with E-state index in [1.807, 2.05) is 31.2 Å². The molecule has 0 saturated carbocycles. The minimum Gasteiger partial charge on any atom is -0.383 e. The molecule has 0 radical (unpaired) electrons. The molecule has 0 aliphatic heterocycles. The van der Waals surface area contributed by atoms with Crippen LogP contribution in [0.5, 0.6) is 0 Å². The first kappa shape index (κ1) is 14.4. The summed E-state index contributed by atoms with van der Waals surface area (Å²) in [4.78, 5) is 14.1. The van der Waals surface area contributed by atoms with Crippen LogP contribution in [0.15, 0.2) is 30.5 Å². The van der Waals surface area contributed by atoms with Crippen LogP contribution in [0.25, 0.3) is 0 Å². The van der Waals surface area contributed by atoms with Gasteiger partial charge >= 0.3 is 0 Å². The predicted molar refractivity (Wildman–Crippen MR) is 79.6 cm³/mol. The van der Waals surface area contributed by atoms with Crippen LogP contribution in [0, 0.1) is 0 Å². The molecule has 0 spiro atoms. The normalized spacial score (nSPS) is 12.2. The molecule has 0 saturated heterocycles. The van der Waals surface area contributed by atoms with Crippen LogP contribution in [-0.2, 0) is 7.05 Å². The summed E-state index contributed by atoms with van der Waals surface area (Å²) in [7, 11) is 3.45. The van der Waals surface area contributed by atoms with Gasteiger partial charge in [0.1, 0.15) is 11.4 Å². The van der Waals surface area contributed by atoms with Crippen molar-refractivity contribution in [1.29, 1.82) is 0 Å². The van der Waals surface area contributed by atoms with E-state index < -0.39 is 0 Å². The molecule has 1 atom stereocenters. The van der Waals surface area contributed by atoms with Gasteiger partial charge in [0.15, 0.2) is 0 Å². The molecule has 0 aliphatic rings. The van der Waals surface area contributed by atoms with Gasteiger partial charge in [0.05, 0.1) is 12.2 Å². The number of hydrogen-bond donors (Lipinski definition) is 1. The summed E-state index contributed by atoms with van der Waals surface area (Å²) in [6.07, 6.45) is 1.49. The quantitative estimate of drug-likeness (QED) is 0.945. The molecule has 106 valence electrons. The smallest absolute Gasteiger partial charge is 0.259 e.